The van der Waals surface area contributed by atoms with Crippen molar-refractivity contribution in [3.05, 3.63) is 29.0 Å². The number of rotatable bonds is 7. The van der Waals surface area contributed by atoms with E-state index in [1.807, 2.05) is 7.05 Å². The number of halogens is 2. The third-order valence-corrected chi connectivity index (χ3v) is 3.15. The van der Waals surface area contributed by atoms with Crippen LogP contribution in [0.1, 0.15) is 26.2 Å². The first kappa shape index (κ1) is 15.8. The zero-order chi connectivity index (χ0) is 14.3. The first-order valence-electron chi connectivity index (χ1n) is 6.47. The summed E-state index contributed by atoms with van der Waals surface area (Å²) < 4.78 is 13.0. The van der Waals surface area contributed by atoms with Crippen molar-refractivity contribution in [2.45, 2.75) is 26.2 Å². The summed E-state index contributed by atoms with van der Waals surface area (Å²) in [6, 6.07) is 4.43. The SMILES string of the molecule is CCCCN(C)C(=O)CCNc1ccc(F)c(Cl)c1. The standard InChI is InChI=1S/C14H20ClFN2O/c1-3-4-9-18(2)14(19)7-8-17-11-5-6-13(16)12(15)10-11/h5-6,10,17H,3-4,7-9H2,1-2H3. The lowest BCUT2D eigenvalue weighted by Gasteiger charge is -2.17. The van der Waals surface area contributed by atoms with Crippen molar-refractivity contribution < 1.29 is 9.18 Å². The highest BCUT2D eigenvalue weighted by atomic mass is 35.5. The minimum atomic E-state index is -0.442. The Morgan fingerprint density at radius 2 is 2.21 bits per heavy atom. The molecule has 1 rings (SSSR count). The molecule has 1 aromatic carbocycles. The zero-order valence-electron chi connectivity index (χ0n) is 11.4. The first-order valence-corrected chi connectivity index (χ1v) is 6.85. The van der Waals surface area contributed by atoms with E-state index in [0.29, 0.717) is 13.0 Å². The molecule has 0 radical (unpaired) electrons. The van der Waals surface area contributed by atoms with E-state index in [-0.39, 0.29) is 10.9 Å². The molecule has 1 amide bonds. The molecule has 5 heteroatoms. The molecule has 0 aliphatic rings. The summed E-state index contributed by atoms with van der Waals surface area (Å²) in [4.78, 5) is 13.5. The van der Waals surface area contributed by atoms with Crippen LogP contribution in [-0.4, -0.2) is 30.9 Å². The second-order valence-electron chi connectivity index (χ2n) is 4.47. The number of unbranched alkanes of at least 4 members (excludes halogenated alkanes) is 1. The van der Waals surface area contributed by atoms with Gasteiger partial charge in [-0.05, 0) is 24.6 Å². The molecular weight excluding hydrogens is 267 g/mol. The molecule has 0 spiro atoms. The molecular formula is C14H20ClFN2O. The maximum Gasteiger partial charge on any atom is 0.224 e. The van der Waals surface area contributed by atoms with Crippen molar-refractivity contribution in [3.63, 3.8) is 0 Å². The van der Waals surface area contributed by atoms with Crippen LogP contribution in [0.4, 0.5) is 10.1 Å². The minimum Gasteiger partial charge on any atom is -0.384 e. The predicted molar refractivity (Wildman–Crippen MR) is 77.1 cm³/mol. The highest BCUT2D eigenvalue weighted by Crippen LogP contribution is 2.19. The Morgan fingerprint density at radius 1 is 1.47 bits per heavy atom. The number of carbonyl (C=O) groups excluding carboxylic acids is 1. The summed E-state index contributed by atoms with van der Waals surface area (Å²) in [5, 5.41) is 3.14. The molecule has 0 bridgehead atoms. The van der Waals surface area contributed by atoms with Crippen LogP contribution in [0, 0.1) is 5.82 Å². The molecule has 0 aliphatic carbocycles. The summed E-state index contributed by atoms with van der Waals surface area (Å²) >= 11 is 5.67. The second-order valence-corrected chi connectivity index (χ2v) is 4.88. The van der Waals surface area contributed by atoms with Crippen molar-refractivity contribution in [2.24, 2.45) is 0 Å². The quantitative estimate of drug-likeness (QED) is 0.831. The van der Waals surface area contributed by atoms with Gasteiger partial charge in [0.15, 0.2) is 0 Å². The van der Waals surface area contributed by atoms with E-state index in [4.69, 9.17) is 11.6 Å². The van der Waals surface area contributed by atoms with Gasteiger partial charge < -0.3 is 10.2 Å². The van der Waals surface area contributed by atoms with Gasteiger partial charge in [0.1, 0.15) is 5.82 Å². The summed E-state index contributed by atoms with van der Waals surface area (Å²) in [6.07, 6.45) is 2.50. The van der Waals surface area contributed by atoms with Gasteiger partial charge in [-0.1, -0.05) is 24.9 Å². The maximum absolute atomic E-state index is 13.0. The molecule has 0 atom stereocenters. The van der Waals surface area contributed by atoms with Gasteiger partial charge in [0, 0.05) is 32.2 Å². The normalized spacial score (nSPS) is 10.3. The average molecular weight is 287 g/mol. The number of hydrogen-bond donors (Lipinski definition) is 1. The molecule has 0 unspecified atom stereocenters. The number of carbonyl (C=O) groups is 1. The van der Waals surface area contributed by atoms with Crippen LogP contribution in [-0.2, 0) is 4.79 Å². The Bertz CT molecular complexity index is 426. The summed E-state index contributed by atoms with van der Waals surface area (Å²) in [5.41, 5.74) is 0.718. The fourth-order valence-electron chi connectivity index (χ4n) is 1.63. The molecule has 3 nitrogen and oxygen atoms in total. The number of benzene rings is 1. The Labute approximate surface area is 118 Å². The zero-order valence-corrected chi connectivity index (χ0v) is 12.1. The van der Waals surface area contributed by atoms with Crippen LogP contribution in [0.5, 0.6) is 0 Å². The fourth-order valence-corrected chi connectivity index (χ4v) is 1.81. The number of amides is 1. The Kier molecular flexibility index (Phi) is 6.64. The Morgan fingerprint density at radius 3 is 2.84 bits per heavy atom. The largest absolute Gasteiger partial charge is 0.384 e. The summed E-state index contributed by atoms with van der Waals surface area (Å²) in [6.45, 7) is 3.40. The summed E-state index contributed by atoms with van der Waals surface area (Å²) in [5.74, 6) is -0.336. The van der Waals surface area contributed by atoms with Crippen LogP contribution in [0.15, 0.2) is 18.2 Å². The molecule has 0 heterocycles. The van der Waals surface area contributed by atoms with Crippen LogP contribution >= 0.6 is 11.6 Å². The Hall–Kier alpha value is -1.29. The lowest BCUT2D eigenvalue weighted by molar-refractivity contribution is -0.129. The molecule has 1 N–H and O–H groups in total. The third-order valence-electron chi connectivity index (χ3n) is 2.86. The van der Waals surface area contributed by atoms with Crippen LogP contribution in [0.3, 0.4) is 0 Å². The lowest BCUT2D eigenvalue weighted by Crippen LogP contribution is -2.29. The van der Waals surface area contributed by atoms with Gasteiger partial charge in [0.2, 0.25) is 5.91 Å². The van der Waals surface area contributed by atoms with Gasteiger partial charge >= 0.3 is 0 Å². The van der Waals surface area contributed by atoms with E-state index in [1.54, 1.807) is 11.0 Å². The van der Waals surface area contributed by atoms with Crippen molar-refractivity contribution in [2.75, 3.05) is 25.5 Å². The summed E-state index contributed by atoms with van der Waals surface area (Å²) in [7, 11) is 1.81. The van der Waals surface area contributed by atoms with Crippen LogP contribution in [0.25, 0.3) is 0 Å². The fraction of sp³-hybridized carbons (Fsp3) is 0.500. The van der Waals surface area contributed by atoms with Gasteiger partial charge in [-0.15, -0.1) is 0 Å². The maximum atomic E-state index is 13.0. The van der Waals surface area contributed by atoms with Crippen LogP contribution in [0.2, 0.25) is 5.02 Å². The molecule has 0 aliphatic heterocycles. The lowest BCUT2D eigenvalue weighted by atomic mass is 10.2. The molecule has 19 heavy (non-hydrogen) atoms. The highest BCUT2D eigenvalue weighted by molar-refractivity contribution is 6.31. The highest BCUT2D eigenvalue weighted by Gasteiger charge is 2.07. The Balaban J connectivity index is 2.33. The molecule has 0 saturated heterocycles. The van der Waals surface area contributed by atoms with Gasteiger partial charge in [-0.25, -0.2) is 4.39 Å². The van der Waals surface area contributed by atoms with E-state index in [9.17, 15) is 9.18 Å². The number of nitrogens with one attached hydrogen (secondary N) is 1. The van der Waals surface area contributed by atoms with E-state index in [0.717, 1.165) is 25.1 Å². The second kappa shape index (κ2) is 8.00. The van der Waals surface area contributed by atoms with Gasteiger partial charge in [-0.3, -0.25) is 4.79 Å². The number of hydrogen-bond acceptors (Lipinski definition) is 2. The third kappa shape index (κ3) is 5.47. The smallest absolute Gasteiger partial charge is 0.224 e. The molecule has 106 valence electrons. The van der Waals surface area contributed by atoms with E-state index in [2.05, 4.69) is 12.2 Å². The number of nitrogens with zero attached hydrogens (tertiary/aromatic N) is 1. The number of anilines is 1. The average Bonchev–Trinajstić information content (AvgIpc) is 2.39. The first-order chi connectivity index (χ1) is 9.04. The van der Waals surface area contributed by atoms with Gasteiger partial charge in [0.25, 0.3) is 0 Å². The van der Waals surface area contributed by atoms with Crippen molar-refractivity contribution in [1.82, 2.24) is 4.90 Å². The van der Waals surface area contributed by atoms with E-state index in [1.165, 1.54) is 12.1 Å². The topological polar surface area (TPSA) is 32.3 Å². The minimum absolute atomic E-state index is 0.0800. The van der Waals surface area contributed by atoms with E-state index >= 15 is 0 Å². The molecule has 1 aromatic rings. The van der Waals surface area contributed by atoms with Gasteiger partial charge in [0.05, 0.1) is 5.02 Å². The molecule has 0 aromatic heterocycles. The van der Waals surface area contributed by atoms with Crippen LogP contribution < -0.4 is 5.32 Å². The molecule has 0 fully saturated rings. The van der Waals surface area contributed by atoms with Crippen molar-refractivity contribution >= 4 is 23.2 Å². The predicted octanol–water partition coefficient (Wildman–Crippen LogP) is 3.54. The van der Waals surface area contributed by atoms with Crippen molar-refractivity contribution in [3.8, 4) is 0 Å². The molecule has 0 saturated carbocycles. The van der Waals surface area contributed by atoms with Gasteiger partial charge in [-0.2, -0.15) is 0 Å². The van der Waals surface area contributed by atoms with E-state index < -0.39 is 5.82 Å². The monoisotopic (exact) mass is 286 g/mol. The van der Waals surface area contributed by atoms with Crippen molar-refractivity contribution in [1.29, 1.82) is 0 Å².